The van der Waals surface area contributed by atoms with Crippen molar-refractivity contribution in [3.05, 3.63) is 81.5 Å². The van der Waals surface area contributed by atoms with Crippen LogP contribution in [0.4, 0.5) is 0 Å². The average molecular weight is 453 g/mol. The highest BCUT2D eigenvalue weighted by atomic mass is 35.5. The minimum atomic E-state index is -0.473. The third-order valence-electron chi connectivity index (χ3n) is 5.36. The Balaban J connectivity index is 1.32. The van der Waals surface area contributed by atoms with Gasteiger partial charge < -0.3 is 9.64 Å². The van der Waals surface area contributed by atoms with Gasteiger partial charge in [0.1, 0.15) is 12.1 Å². The number of halogens is 1. The molecule has 2 heterocycles. The molecule has 1 aromatic heterocycles. The lowest BCUT2D eigenvalue weighted by molar-refractivity contribution is 0.0790. The van der Waals surface area contributed by atoms with E-state index in [2.05, 4.69) is 25.6 Å². The van der Waals surface area contributed by atoms with Gasteiger partial charge in [0.2, 0.25) is 0 Å². The molecule has 2 aromatic carbocycles. The highest BCUT2D eigenvalue weighted by Gasteiger charge is 2.28. The van der Waals surface area contributed by atoms with Crippen molar-refractivity contribution < 1.29 is 9.53 Å². The number of carbonyl (C=O) groups excluding carboxylic acids is 1. The number of likely N-dealkylation sites (tertiary alicyclic amines) is 1. The summed E-state index contributed by atoms with van der Waals surface area (Å²) in [5, 5.41) is 15.3. The van der Waals surface area contributed by atoms with Crippen LogP contribution in [0.25, 0.3) is 10.4 Å². The van der Waals surface area contributed by atoms with Crippen LogP contribution in [0.2, 0.25) is 5.02 Å². The molecule has 0 N–H and O–H groups in total. The Morgan fingerprint density at radius 1 is 1.25 bits per heavy atom. The van der Waals surface area contributed by atoms with Crippen molar-refractivity contribution in [1.82, 2.24) is 25.1 Å². The monoisotopic (exact) mass is 452 g/mol. The van der Waals surface area contributed by atoms with Crippen LogP contribution in [0.15, 0.2) is 60.0 Å². The highest BCUT2D eigenvalue weighted by molar-refractivity contribution is 6.30. The Bertz CT molecular complexity index is 1080. The summed E-state index contributed by atoms with van der Waals surface area (Å²) in [7, 11) is 0. The lowest BCUT2D eigenvalue weighted by Gasteiger charge is -2.17. The van der Waals surface area contributed by atoms with Crippen molar-refractivity contribution in [3.63, 3.8) is 0 Å². The molecule has 2 atom stereocenters. The number of azide groups is 1. The minimum Gasteiger partial charge on any atom is -0.493 e. The molecule has 1 aliphatic rings. The fourth-order valence-corrected chi connectivity index (χ4v) is 3.82. The first-order valence-electron chi connectivity index (χ1n) is 10.1. The molecule has 3 aromatic rings. The summed E-state index contributed by atoms with van der Waals surface area (Å²) < 4.78 is 7.20. The zero-order valence-corrected chi connectivity index (χ0v) is 17.9. The smallest absolute Gasteiger partial charge is 0.253 e. The van der Waals surface area contributed by atoms with E-state index in [1.165, 1.54) is 16.6 Å². The summed E-state index contributed by atoms with van der Waals surface area (Å²) in [5.74, 6) is 0.896. The molecule has 11 heteroatoms. The molecule has 1 saturated heterocycles. The Kier molecular flexibility index (Phi) is 6.84. The van der Waals surface area contributed by atoms with Crippen molar-refractivity contribution in [3.8, 4) is 5.75 Å². The summed E-state index contributed by atoms with van der Waals surface area (Å²) in [5.41, 5.74) is 10.6. The van der Waals surface area contributed by atoms with E-state index in [1.807, 2.05) is 29.2 Å². The molecule has 0 saturated carbocycles. The molecule has 1 fully saturated rings. The summed E-state index contributed by atoms with van der Waals surface area (Å²) in [6.45, 7) is 1.86. The number of tetrazole rings is 1. The quantitative estimate of drug-likeness (QED) is 0.293. The first-order chi connectivity index (χ1) is 15.6. The van der Waals surface area contributed by atoms with Crippen LogP contribution in [0.5, 0.6) is 5.75 Å². The number of amides is 1. The summed E-state index contributed by atoms with van der Waals surface area (Å²) in [6.07, 6.45) is 2.37. The van der Waals surface area contributed by atoms with E-state index >= 15 is 0 Å². The van der Waals surface area contributed by atoms with Crippen LogP contribution in [-0.2, 0) is 6.54 Å². The van der Waals surface area contributed by atoms with E-state index in [0.29, 0.717) is 35.3 Å². The van der Waals surface area contributed by atoms with E-state index in [9.17, 15) is 4.79 Å². The van der Waals surface area contributed by atoms with Crippen LogP contribution >= 0.6 is 11.6 Å². The molecule has 0 radical (unpaired) electrons. The topological polar surface area (TPSA) is 122 Å². The standard InChI is InChI=1S/C21H21ClN8O2/c22-18-5-1-15(2-6-18)17-9-10-29(11-17)21(31)16-3-7-20(8-4-16)32-13-19(25-26-23)12-30-14-24-27-28-30/h1-8,14,17,19H,9-13H2. The molecule has 0 aliphatic carbocycles. The molecule has 10 nitrogen and oxygen atoms in total. The van der Waals surface area contributed by atoms with Gasteiger partial charge in [-0.25, -0.2) is 4.68 Å². The fraction of sp³-hybridized carbons (Fsp3) is 0.333. The normalized spacial score (nSPS) is 16.4. The van der Waals surface area contributed by atoms with Crippen LogP contribution in [-0.4, -0.2) is 56.8 Å². The number of ether oxygens (including phenoxy) is 1. The molecule has 1 amide bonds. The predicted octanol–water partition coefficient (Wildman–Crippen LogP) is 3.71. The van der Waals surface area contributed by atoms with E-state index in [4.69, 9.17) is 21.9 Å². The van der Waals surface area contributed by atoms with Gasteiger partial charge in [0.25, 0.3) is 5.91 Å². The molecule has 4 rings (SSSR count). The van der Waals surface area contributed by atoms with Gasteiger partial charge >= 0.3 is 0 Å². The molecule has 2 unspecified atom stereocenters. The second kappa shape index (κ2) is 10.1. The number of benzene rings is 2. The van der Waals surface area contributed by atoms with Gasteiger partial charge in [-0.15, -0.1) is 5.10 Å². The Hall–Kier alpha value is -3.62. The van der Waals surface area contributed by atoms with Gasteiger partial charge in [0, 0.05) is 34.5 Å². The molecular formula is C21H21ClN8O2. The van der Waals surface area contributed by atoms with E-state index in [0.717, 1.165) is 13.0 Å². The Labute approximate surface area is 189 Å². The second-order valence-corrected chi connectivity index (χ2v) is 7.95. The zero-order valence-electron chi connectivity index (χ0n) is 17.2. The second-order valence-electron chi connectivity index (χ2n) is 7.51. The third kappa shape index (κ3) is 5.35. The minimum absolute atomic E-state index is 0.00125. The number of hydrogen-bond donors (Lipinski definition) is 0. The van der Waals surface area contributed by atoms with Gasteiger partial charge in [-0.1, -0.05) is 28.8 Å². The van der Waals surface area contributed by atoms with Gasteiger partial charge in [0.15, 0.2) is 0 Å². The van der Waals surface area contributed by atoms with E-state index in [1.54, 1.807) is 24.3 Å². The van der Waals surface area contributed by atoms with Crippen molar-refractivity contribution in [2.45, 2.75) is 24.9 Å². The number of rotatable bonds is 8. The van der Waals surface area contributed by atoms with Gasteiger partial charge in [-0.05, 0) is 64.3 Å². The van der Waals surface area contributed by atoms with Crippen molar-refractivity contribution >= 4 is 17.5 Å². The number of carbonyl (C=O) groups is 1. The SMILES string of the molecule is [N-]=[N+]=NC(COc1ccc(C(=O)N2CCC(c3ccc(Cl)cc3)C2)cc1)Cn1cnnn1. The molecule has 32 heavy (non-hydrogen) atoms. The first kappa shape index (κ1) is 21.6. The molecule has 0 bridgehead atoms. The van der Waals surface area contributed by atoms with E-state index in [-0.39, 0.29) is 12.5 Å². The highest BCUT2D eigenvalue weighted by Crippen LogP contribution is 2.29. The average Bonchev–Trinajstić information content (AvgIpc) is 3.50. The third-order valence-corrected chi connectivity index (χ3v) is 5.62. The maximum Gasteiger partial charge on any atom is 0.253 e. The maximum absolute atomic E-state index is 12.9. The summed E-state index contributed by atoms with van der Waals surface area (Å²) in [4.78, 5) is 17.6. The molecule has 1 aliphatic heterocycles. The zero-order chi connectivity index (χ0) is 22.3. The van der Waals surface area contributed by atoms with Crippen LogP contribution in [0, 0.1) is 0 Å². The van der Waals surface area contributed by atoms with Gasteiger partial charge in [0.05, 0.1) is 19.2 Å². The number of nitrogens with zero attached hydrogens (tertiary/aromatic N) is 8. The fourth-order valence-electron chi connectivity index (χ4n) is 3.70. The van der Waals surface area contributed by atoms with Gasteiger partial charge in [-0.2, -0.15) is 0 Å². The van der Waals surface area contributed by atoms with Crippen LogP contribution in [0.3, 0.4) is 0 Å². The maximum atomic E-state index is 12.9. The van der Waals surface area contributed by atoms with Crippen LogP contribution in [0.1, 0.15) is 28.3 Å². The molecular weight excluding hydrogens is 432 g/mol. The molecule has 164 valence electrons. The van der Waals surface area contributed by atoms with Crippen molar-refractivity contribution in [1.29, 1.82) is 0 Å². The lowest BCUT2D eigenvalue weighted by Crippen LogP contribution is -2.28. The van der Waals surface area contributed by atoms with Crippen molar-refractivity contribution in [2.24, 2.45) is 5.11 Å². The Morgan fingerprint density at radius 2 is 2.03 bits per heavy atom. The number of hydrogen-bond acceptors (Lipinski definition) is 6. The Morgan fingerprint density at radius 3 is 2.72 bits per heavy atom. The summed E-state index contributed by atoms with van der Waals surface area (Å²) in [6, 6.07) is 14.3. The summed E-state index contributed by atoms with van der Waals surface area (Å²) >= 11 is 5.97. The van der Waals surface area contributed by atoms with Crippen LogP contribution < -0.4 is 4.74 Å². The van der Waals surface area contributed by atoms with Crippen molar-refractivity contribution in [2.75, 3.05) is 19.7 Å². The largest absolute Gasteiger partial charge is 0.493 e. The number of aromatic nitrogens is 4. The van der Waals surface area contributed by atoms with Gasteiger partial charge in [-0.3, -0.25) is 4.79 Å². The molecule has 0 spiro atoms. The van der Waals surface area contributed by atoms with E-state index < -0.39 is 6.04 Å². The first-order valence-corrected chi connectivity index (χ1v) is 10.5. The lowest BCUT2D eigenvalue weighted by atomic mass is 9.99. The predicted molar refractivity (Wildman–Crippen MR) is 117 cm³/mol.